The van der Waals surface area contributed by atoms with Crippen LogP contribution in [0.4, 0.5) is 5.69 Å². The van der Waals surface area contributed by atoms with Crippen molar-refractivity contribution in [2.45, 2.75) is 18.7 Å². The van der Waals surface area contributed by atoms with Crippen LogP contribution in [0.1, 0.15) is 10.4 Å². The molecule has 154 valence electrons. The molecule has 30 heavy (non-hydrogen) atoms. The van der Waals surface area contributed by atoms with E-state index < -0.39 is 21.1 Å². The summed E-state index contributed by atoms with van der Waals surface area (Å²) in [5.74, 6) is 0. The van der Waals surface area contributed by atoms with Gasteiger partial charge in [0.1, 0.15) is 0 Å². The molecule has 3 N–H and O–H groups in total. The second-order valence-electron chi connectivity index (χ2n) is 6.78. The first-order valence-corrected chi connectivity index (χ1v) is 11.5. The third-order valence-corrected chi connectivity index (χ3v) is 7.40. The van der Waals surface area contributed by atoms with Crippen molar-refractivity contribution in [2.24, 2.45) is 0 Å². The number of hydrogen-bond donors (Lipinski definition) is 3. The van der Waals surface area contributed by atoms with Gasteiger partial charge >= 0.3 is 11.1 Å². The number of aryl methyl sites for hydroxylation is 2. The summed E-state index contributed by atoms with van der Waals surface area (Å²) in [7, 11) is -3.97. The average Bonchev–Trinajstić information content (AvgIpc) is 3.08. The summed E-state index contributed by atoms with van der Waals surface area (Å²) in [6.45, 7) is 3.60. The van der Waals surface area contributed by atoms with Gasteiger partial charge in [0.15, 0.2) is 0 Å². The largest absolute Gasteiger partial charge is 0.316 e. The number of fused-ring (bicyclic) bond motifs is 1. The number of rotatable bonds is 4. The zero-order valence-corrected chi connectivity index (χ0v) is 18.3. The highest BCUT2D eigenvalue weighted by Gasteiger charge is 2.19. The van der Waals surface area contributed by atoms with E-state index in [1.54, 1.807) is 36.5 Å². The first-order chi connectivity index (χ1) is 14.1. The molecule has 0 aliphatic rings. The molecule has 0 aliphatic carbocycles. The fourth-order valence-electron chi connectivity index (χ4n) is 3.11. The van der Waals surface area contributed by atoms with Crippen LogP contribution in [0.25, 0.3) is 21.5 Å². The van der Waals surface area contributed by atoms with E-state index in [0.717, 1.165) is 15.3 Å². The highest BCUT2D eigenvalue weighted by atomic mass is 35.5. The van der Waals surface area contributed by atoms with Crippen molar-refractivity contribution in [1.29, 1.82) is 0 Å². The minimum atomic E-state index is -3.97. The van der Waals surface area contributed by atoms with E-state index in [0.29, 0.717) is 21.8 Å². The predicted molar refractivity (Wildman–Crippen MR) is 120 cm³/mol. The Kier molecular flexibility index (Phi) is 5.05. The normalized spacial score (nSPS) is 11.7. The maximum atomic E-state index is 13.0. The molecule has 0 spiro atoms. The van der Waals surface area contributed by atoms with Crippen molar-refractivity contribution >= 4 is 49.7 Å². The fourth-order valence-corrected chi connectivity index (χ4v) is 5.66. The number of anilines is 1. The van der Waals surface area contributed by atoms with Gasteiger partial charge in [-0.1, -0.05) is 11.6 Å². The van der Waals surface area contributed by atoms with Gasteiger partial charge in [0.2, 0.25) is 0 Å². The number of H-pyrrole nitrogens is 2. The number of aromatic nitrogens is 2. The molecule has 0 bridgehead atoms. The van der Waals surface area contributed by atoms with Gasteiger partial charge in [-0.05, 0) is 61.9 Å². The highest BCUT2D eigenvalue weighted by Crippen LogP contribution is 2.35. The Morgan fingerprint density at radius 2 is 1.60 bits per heavy atom. The molecular weight excluding hydrogens is 446 g/mol. The number of halogens is 1. The average molecular weight is 462 g/mol. The van der Waals surface area contributed by atoms with Crippen molar-refractivity contribution in [3.05, 3.63) is 78.6 Å². The van der Waals surface area contributed by atoms with Crippen LogP contribution >= 0.6 is 22.9 Å². The maximum Gasteiger partial charge on any atom is 0.314 e. The van der Waals surface area contributed by atoms with Gasteiger partial charge in [0, 0.05) is 15.3 Å². The van der Waals surface area contributed by atoms with Gasteiger partial charge in [-0.15, -0.1) is 11.3 Å². The number of sulfonamides is 1. The Morgan fingerprint density at radius 3 is 2.20 bits per heavy atom. The Labute approximate surface area is 180 Å². The first kappa shape index (κ1) is 20.4. The lowest BCUT2D eigenvalue weighted by Gasteiger charge is -2.12. The number of hydrogen-bond acceptors (Lipinski definition) is 5. The lowest BCUT2D eigenvalue weighted by Crippen LogP contribution is -2.29. The van der Waals surface area contributed by atoms with Crippen molar-refractivity contribution in [3.63, 3.8) is 0 Å². The minimum absolute atomic E-state index is 0.0215. The van der Waals surface area contributed by atoms with Gasteiger partial charge < -0.3 is 9.97 Å². The molecule has 0 radical (unpaired) electrons. The van der Waals surface area contributed by atoms with Gasteiger partial charge in [-0.3, -0.25) is 14.3 Å². The second kappa shape index (κ2) is 7.42. The fraction of sp³-hybridized carbons (Fsp3) is 0.100. The third-order valence-electron chi connectivity index (χ3n) is 4.53. The van der Waals surface area contributed by atoms with Crippen LogP contribution in [-0.4, -0.2) is 18.4 Å². The van der Waals surface area contributed by atoms with E-state index in [-0.39, 0.29) is 10.4 Å². The molecule has 7 nitrogen and oxygen atoms in total. The molecule has 2 aromatic heterocycles. The molecule has 0 atom stereocenters. The van der Waals surface area contributed by atoms with Crippen molar-refractivity contribution in [1.82, 2.24) is 9.97 Å². The van der Waals surface area contributed by atoms with Crippen molar-refractivity contribution in [2.75, 3.05) is 4.72 Å². The first-order valence-electron chi connectivity index (χ1n) is 8.80. The molecule has 10 heteroatoms. The number of nitrogens with one attached hydrogen (secondary N) is 3. The minimum Gasteiger partial charge on any atom is -0.316 e. The predicted octanol–water partition coefficient (Wildman–Crippen LogP) is 4.02. The van der Waals surface area contributed by atoms with E-state index >= 15 is 0 Å². The molecule has 0 amide bonds. The Bertz CT molecular complexity index is 1520. The maximum absolute atomic E-state index is 13.0. The van der Waals surface area contributed by atoms with E-state index in [1.165, 1.54) is 12.1 Å². The standard InChI is InChI=1S/C20H16ClN3O4S2/c1-10-7-15-16(23-20(26)19(25)22-15)9-18(10)30(27,28)24-12-4-5-13(14(21)8-12)17-6-3-11(2)29-17/h3-9,24H,1-2H3,(H,22,25)(H,23,26). The number of benzene rings is 2. The number of thiophene rings is 1. The third kappa shape index (κ3) is 3.79. The summed E-state index contributed by atoms with van der Waals surface area (Å²) in [6.07, 6.45) is 0. The zero-order valence-electron chi connectivity index (χ0n) is 15.9. The molecule has 2 heterocycles. The highest BCUT2D eigenvalue weighted by molar-refractivity contribution is 7.92. The molecule has 2 aromatic carbocycles. The molecule has 0 aliphatic heterocycles. The van der Waals surface area contributed by atoms with Crippen LogP contribution in [0.3, 0.4) is 0 Å². The van der Waals surface area contributed by atoms with Crippen molar-refractivity contribution < 1.29 is 8.42 Å². The summed E-state index contributed by atoms with van der Waals surface area (Å²) in [4.78, 5) is 30.0. The SMILES string of the molecule is Cc1ccc(-c2ccc(NS(=O)(=O)c3cc4[nH]c(=O)c(=O)[nH]c4cc3C)cc2Cl)s1. The van der Waals surface area contributed by atoms with Gasteiger partial charge in [-0.2, -0.15) is 0 Å². The van der Waals surface area contributed by atoms with E-state index in [2.05, 4.69) is 14.7 Å². The molecule has 0 unspecified atom stereocenters. The molecular formula is C20H16ClN3O4S2. The smallest absolute Gasteiger partial charge is 0.314 e. The summed E-state index contributed by atoms with van der Waals surface area (Å²) in [5, 5.41) is 0.425. The summed E-state index contributed by atoms with van der Waals surface area (Å²) in [5.41, 5.74) is 0.448. The lowest BCUT2D eigenvalue weighted by atomic mass is 10.2. The van der Waals surface area contributed by atoms with Crippen LogP contribution in [0.2, 0.25) is 5.02 Å². The Balaban J connectivity index is 1.72. The monoisotopic (exact) mass is 461 g/mol. The summed E-state index contributed by atoms with van der Waals surface area (Å²) < 4.78 is 28.5. The number of aromatic amines is 2. The van der Waals surface area contributed by atoms with Crippen LogP contribution in [0.5, 0.6) is 0 Å². The molecule has 4 rings (SSSR count). The van der Waals surface area contributed by atoms with Crippen LogP contribution in [0.15, 0.2) is 56.9 Å². The topological polar surface area (TPSA) is 112 Å². The van der Waals surface area contributed by atoms with Crippen LogP contribution in [-0.2, 0) is 10.0 Å². The van der Waals surface area contributed by atoms with Gasteiger partial charge in [0.05, 0.1) is 26.6 Å². The van der Waals surface area contributed by atoms with Gasteiger partial charge in [-0.25, -0.2) is 8.42 Å². The van der Waals surface area contributed by atoms with E-state index in [9.17, 15) is 18.0 Å². The quantitative estimate of drug-likeness (QED) is 0.398. The molecule has 0 saturated heterocycles. The van der Waals surface area contributed by atoms with Gasteiger partial charge in [0.25, 0.3) is 10.0 Å². The lowest BCUT2D eigenvalue weighted by molar-refractivity contribution is 0.600. The zero-order chi connectivity index (χ0) is 21.6. The van der Waals surface area contributed by atoms with E-state index in [4.69, 9.17) is 11.6 Å². The Morgan fingerprint density at radius 1 is 0.933 bits per heavy atom. The second-order valence-corrected chi connectivity index (χ2v) is 10.1. The van der Waals surface area contributed by atoms with Crippen LogP contribution < -0.4 is 15.8 Å². The Hall–Kier alpha value is -2.88. The summed E-state index contributed by atoms with van der Waals surface area (Å²) >= 11 is 7.99. The van der Waals surface area contributed by atoms with Crippen molar-refractivity contribution in [3.8, 4) is 10.4 Å². The molecule has 0 saturated carbocycles. The van der Waals surface area contributed by atoms with Crippen LogP contribution in [0, 0.1) is 13.8 Å². The summed E-state index contributed by atoms with van der Waals surface area (Å²) in [6, 6.07) is 11.7. The molecule has 0 fully saturated rings. The molecule has 4 aromatic rings. The van der Waals surface area contributed by atoms with E-state index in [1.807, 2.05) is 19.1 Å².